The van der Waals surface area contributed by atoms with Gasteiger partial charge in [-0.25, -0.2) is 15.0 Å². The zero-order valence-corrected chi connectivity index (χ0v) is 15.3. The maximum Gasteiger partial charge on any atom is 0.225 e. The van der Waals surface area contributed by atoms with E-state index in [-0.39, 0.29) is 0 Å². The van der Waals surface area contributed by atoms with E-state index in [0.717, 1.165) is 45.2 Å². The predicted molar refractivity (Wildman–Crippen MR) is 100 cm³/mol. The molecule has 2 saturated heterocycles. The second-order valence-corrected chi connectivity index (χ2v) is 7.69. The summed E-state index contributed by atoms with van der Waals surface area (Å²) in [5, 5.41) is 0. The monoisotopic (exact) mass is 353 g/mol. The first kappa shape index (κ1) is 16.2. The SMILES string of the molecule is c1cnc(N2CCN(C3CN(Cc4ncc5n4CCCC5)C3)CC2)nc1. The van der Waals surface area contributed by atoms with Gasteiger partial charge in [0.25, 0.3) is 0 Å². The number of fused-ring (bicyclic) bond motifs is 1. The molecule has 3 aliphatic heterocycles. The van der Waals surface area contributed by atoms with E-state index in [1.165, 1.54) is 43.9 Å². The molecule has 2 aromatic heterocycles. The maximum atomic E-state index is 4.69. The molecule has 26 heavy (non-hydrogen) atoms. The molecule has 0 radical (unpaired) electrons. The molecule has 0 unspecified atom stereocenters. The summed E-state index contributed by atoms with van der Waals surface area (Å²) in [5.74, 6) is 2.13. The standard InChI is InChI=1S/C19H27N7/c1-2-7-26-16(4-1)12-22-18(26)15-23-13-17(14-23)24-8-10-25(11-9-24)19-20-5-3-6-21-19/h3,5-6,12,17H,1-2,4,7-11,13-15H2. The van der Waals surface area contributed by atoms with Gasteiger partial charge >= 0.3 is 0 Å². The predicted octanol–water partition coefficient (Wildman–Crippen LogP) is 1.02. The van der Waals surface area contributed by atoms with Crippen LogP contribution >= 0.6 is 0 Å². The first-order valence-electron chi connectivity index (χ1n) is 9.88. The van der Waals surface area contributed by atoms with Crippen LogP contribution in [0.25, 0.3) is 0 Å². The highest BCUT2D eigenvalue weighted by Gasteiger charge is 2.34. The number of rotatable bonds is 4. The third kappa shape index (κ3) is 3.10. The maximum absolute atomic E-state index is 4.69. The minimum atomic E-state index is 0.699. The molecule has 0 aromatic carbocycles. The van der Waals surface area contributed by atoms with Crippen molar-refractivity contribution < 1.29 is 0 Å². The second-order valence-electron chi connectivity index (χ2n) is 7.69. The smallest absolute Gasteiger partial charge is 0.225 e. The lowest BCUT2D eigenvalue weighted by atomic mass is 10.1. The van der Waals surface area contributed by atoms with Crippen LogP contribution in [-0.4, -0.2) is 74.6 Å². The van der Waals surface area contributed by atoms with Crippen molar-refractivity contribution in [3.63, 3.8) is 0 Å². The third-order valence-corrected chi connectivity index (χ3v) is 6.05. The van der Waals surface area contributed by atoms with Crippen molar-refractivity contribution in [2.45, 2.75) is 38.4 Å². The molecule has 0 aliphatic carbocycles. The van der Waals surface area contributed by atoms with Crippen molar-refractivity contribution >= 4 is 5.95 Å². The van der Waals surface area contributed by atoms with Crippen LogP contribution < -0.4 is 4.90 Å². The van der Waals surface area contributed by atoms with E-state index in [9.17, 15) is 0 Å². The summed E-state index contributed by atoms with van der Waals surface area (Å²) in [6.07, 6.45) is 9.56. The Bertz CT molecular complexity index is 730. The van der Waals surface area contributed by atoms with Crippen LogP contribution in [0.2, 0.25) is 0 Å². The molecule has 3 aliphatic rings. The van der Waals surface area contributed by atoms with E-state index in [4.69, 9.17) is 0 Å². The molecule has 138 valence electrons. The molecule has 0 bridgehead atoms. The molecule has 0 N–H and O–H groups in total. The van der Waals surface area contributed by atoms with Crippen molar-refractivity contribution in [3.05, 3.63) is 36.2 Å². The minimum Gasteiger partial charge on any atom is -0.338 e. The summed E-state index contributed by atoms with van der Waals surface area (Å²) < 4.78 is 2.45. The lowest BCUT2D eigenvalue weighted by Gasteiger charge is -2.48. The van der Waals surface area contributed by atoms with Crippen molar-refractivity contribution in [2.24, 2.45) is 0 Å². The van der Waals surface area contributed by atoms with Crippen molar-refractivity contribution in [2.75, 3.05) is 44.2 Å². The van der Waals surface area contributed by atoms with E-state index in [0.29, 0.717) is 6.04 Å². The van der Waals surface area contributed by atoms with Gasteiger partial charge in [-0.2, -0.15) is 0 Å². The summed E-state index contributed by atoms with van der Waals surface area (Å²) in [6.45, 7) is 8.77. The Balaban J connectivity index is 1.11. The molecule has 7 nitrogen and oxygen atoms in total. The van der Waals surface area contributed by atoms with Gasteiger partial charge in [0.05, 0.1) is 6.54 Å². The van der Waals surface area contributed by atoms with Crippen molar-refractivity contribution in [1.82, 2.24) is 29.3 Å². The number of hydrogen-bond donors (Lipinski definition) is 0. The Morgan fingerprint density at radius 2 is 1.73 bits per heavy atom. The zero-order chi connectivity index (χ0) is 17.3. The first-order chi connectivity index (χ1) is 12.9. The van der Waals surface area contributed by atoms with Crippen LogP contribution in [0, 0.1) is 0 Å². The van der Waals surface area contributed by atoms with Crippen LogP contribution in [0.4, 0.5) is 5.95 Å². The molecule has 2 aromatic rings. The Kier molecular flexibility index (Phi) is 4.34. The largest absolute Gasteiger partial charge is 0.338 e. The average Bonchev–Trinajstić information content (AvgIpc) is 3.08. The van der Waals surface area contributed by atoms with Crippen LogP contribution in [0.1, 0.15) is 24.4 Å². The lowest BCUT2D eigenvalue weighted by Crippen LogP contribution is -2.62. The number of aryl methyl sites for hydroxylation is 1. The van der Waals surface area contributed by atoms with Gasteiger partial charge in [0.15, 0.2) is 0 Å². The normalized spacial score (nSPS) is 22.2. The van der Waals surface area contributed by atoms with Gasteiger partial charge < -0.3 is 9.47 Å². The molecule has 2 fully saturated rings. The van der Waals surface area contributed by atoms with Crippen LogP contribution in [0.3, 0.4) is 0 Å². The summed E-state index contributed by atoms with van der Waals surface area (Å²) >= 11 is 0. The highest BCUT2D eigenvalue weighted by molar-refractivity contribution is 5.29. The molecular weight excluding hydrogens is 326 g/mol. The summed E-state index contributed by atoms with van der Waals surface area (Å²) in [6, 6.07) is 2.57. The van der Waals surface area contributed by atoms with Gasteiger partial charge in [0.2, 0.25) is 5.95 Å². The van der Waals surface area contributed by atoms with E-state index >= 15 is 0 Å². The number of aromatic nitrogens is 4. The van der Waals surface area contributed by atoms with E-state index in [1.807, 2.05) is 18.5 Å². The fraction of sp³-hybridized carbons (Fsp3) is 0.632. The average molecular weight is 353 g/mol. The van der Waals surface area contributed by atoms with Gasteiger partial charge in [-0.15, -0.1) is 0 Å². The highest BCUT2D eigenvalue weighted by Crippen LogP contribution is 2.22. The number of piperazine rings is 1. The van der Waals surface area contributed by atoms with Gasteiger partial charge in [-0.1, -0.05) is 0 Å². The Morgan fingerprint density at radius 3 is 2.54 bits per heavy atom. The quantitative estimate of drug-likeness (QED) is 0.818. The van der Waals surface area contributed by atoms with Crippen LogP contribution in [0.5, 0.6) is 0 Å². The highest BCUT2D eigenvalue weighted by atomic mass is 15.4. The topological polar surface area (TPSA) is 53.3 Å². The Morgan fingerprint density at radius 1 is 0.923 bits per heavy atom. The molecule has 0 amide bonds. The van der Waals surface area contributed by atoms with Crippen LogP contribution in [0.15, 0.2) is 24.7 Å². The fourth-order valence-electron chi connectivity index (χ4n) is 4.47. The fourth-order valence-corrected chi connectivity index (χ4v) is 4.47. The summed E-state index contributed by atoms with van der Waals surface area (Å²) in [4.78, 5) is 20.9. The third-order valence-electron chi connectivity index (χ3n) is 6.05. The lowest BCUT2D eigenvalue weighted by molar-refractivity contribution is 0.0232. The van der Waals surface area contributed by atoms with E-state index in [2.05, 4.69) is 40.4 Å². The van der Waals surface area contributed by atoms with Crippen LogP contribution in [-0.2, 0) is 19.5 Å². The van der Waals surface area contributed by atoms with Crippen molar-refractivity contribution in [3.8, 4) is 0 Å². The number of likely N-dealkylation sites (tertiary alicyclic amines) is 1. The number of anilines is 1. The molecule has 0 spiro atoms. The molecule has 5 rings (SSSR count). The van der Waals surface area contributed by atoms with Gasteiger partial charge in [-0.3, -0.25) is 9.80 Å². The molecule has 0 saturated carbocycles. The van der Waals surface area contributed by atoms with Gasteiger partial charge in [0, 0.05) is 76.1 Å². The molecule has 5 heterocycles. The molecule has 7 heteroatoms. The number of hydrogen-bond acceptors (Lipinski definition) is 6. The molecular formula is C19H27N7. The summed E-state index contributed by atoms with van der Waals surface area (Å²) in [7, 11) is 0. The van der Waals surface area contributed by atoms with E-state index in [1.54, 1.807) is 0 Å². The Labute approximate surface area is 154 Å². The van der Waals surface area contributed by atoms with Gasteiger partial charge in [-0.05, 0) is 25.3 Å². The summed E-state index contributed by atoms with van der Waals surface area (Å²) in [5.41, 5.74) is 1.43. The number of nitrogens with zero attached hydrogens (tertiary/aromatic N) is 7. The zero-order valence-electron chi connectivity index (χ0n) is 15.3. The van der Waals surface area contributed by atoms with Crippen molar-refractivity contribution in [1.29, 1.82) is 0 Å². The minimum absolute atomic E-state index is 0.699. The number of imidazole rings is 1. The first-order valence-corrected chi connectivity index (χ1v) is 9.88. The van der Waals surface area contributed by atoms with Gasteiger partial charge in [0.1, 0.15) is 5.82 Å². The van der Waals surface area contributed by atoms with E-state index < -0.39 is 0 Å². The molecule has 0 atom stereocenters. The second kappa shape index (κ2) is 6.96. The Hall–Kier alpha value is -1.99.